The molecule has 0 aromatic carbocycles. The van der Waals surface area contributed by atoms with Gasteiger partial charge in [0.05, 0.1) is 6.10 Å². The van der Waals surface area contributed by atoms with Gasteiger partial charge in [0.15, 0.2) is 0 Å². The van der Waals surface area contributed by atoms with E-state index < -0.39 is 0 Å². The van der Waals surface area contributed by atoms with E-state index in [0.717, 1.165) is 25.0 Å². The Morgan fingerprint density at radius 2 is 1.89 bits per heavy atom. The van der Waals surface area contributed by atoms with Crippen molar-refractivity contribution in [3.63, 3.8) is 0 Å². The van der Waals surface area contributed by atoms with E-state index in [4.69, 9.17) is 4.74 Å². The molecular formula is C17H35NO. The SMILES string of the molecule is CCNC(C1CCCC(C)C1)C(OCC)C(C)(C)C. The summed E-state index contributed by atoms with van der Waals surface area (Å²) in [5.74, 6) is 1.65. The lowest BCUT2D eigenvalue weighted by molar-refractivity contribution is -0.0542. The molecule has 0 radical (unpaired) electrons. The summed E-state index contributed by atoms with van der Waals surface area (Å²) in [6.45, 7) is 15.5. The molecule has 0 heterocycles. The average molecular weight is 269 g/mol. The first kappa shape index (κ1) is 17.0. The van der Waals surface area contributed by atoms with E-state index in [1.807, 2.05) is 0 Å². The molecule has 0 aliphatic heterocycles. The van der Waals surface area contributed by atoms with Gasteiger partial charge in [0, 0.05) is 12.6 Å². The molecule has 1 aliphatic rings. The van der Waals surface area contributed by atoms with Crippen LogP contribution in [-0.2, 0) is 4.74 Å². The molecule has 4 atom stereocenters. The molecule has 1 N–H and O–H groups in total. The summed E-state index contributed by atoms with van der Waals surface area (Å²) >= 11 is 0. The zero-order valence-corrected chi connectivity index (χ0v) is 14.0. The Hall–Kier alpha value is -0.0800. The van der Waals surface area contributed by atoms with E-state index >= 15 is 0 Å². The second-order valence-electron chi connectivity index (χ2n) is 7.36. The average Bonchev–Trinajstić information content (AvgIpc) is 2.32. The molecule has 0 bridgehead atoms. The first-order valence-corrected chi connectivity index (χ1v) is 8.25. The van der Waals surface area contributed by atoms with Crippen molar-refractivity contribution in [1.29, 1.82) is 0 Å². The van der Waals surface area contributed by atoms with Crippen molar-refractivity contribution >= 4 is 0 Å². The quantitative estimate of drug-likeness (QED) is 0.778. The van der Waals surface area contributed by atoms with Gasteiger partial charge in [-0.3, -0.25) is 0 Å². The van der Waals surface area contributed by atoms with Gasteiger partial charge in [0.25, 0.3) is 0 Å². The molecule has 0 saturated heterocycles. The van der Waals surface area contributed by atoms with Crippen LogP contribution in [0.4, 0.5) is 0 Å². The molecule has 1 aliphatic carbocycles. The molecule has 1 rings (SSSR count). The molecular weight excluding hydrogens is 234 g/mol. The van der Waals surface area contributed by atoms with Gasteiger partial charge < -0.3 is 10.1 Å². The fourth-order valence-electron chi connectivity index (χ4n) is 3.64. The monoisotopic (exact) mass is 269 g/mol. The predicted molar refractivity (Wildman–Crippen MR) is 83.5 cm³/mol. The van der Waals surface area contributed by atoms with E-state index in [1.165, 1.54) is 25.7 Å². The third-order valence-electron chi connectivity index (χ3n) is 4.45. The highest BCUT2D eigenvalue weighted by Crippen LogP contribution is 2.36. The number of nitrogens with one attached hydrogen (secondary N) is 1. The van der Waals surface area contributed by atoms with Crippen LogP contribution in [0.15, 0.2) is 0 Å². The van der Waals surface area contributed by atoms with E-state index in [9.17, 15) is 0 Å². The van der Waals surface area contributed by atoms with Crippen molar-refractivity contribution in [3.8, 4) is 0 Å². The highest BCUT2D eigenvalue weighted by Gasteiger charge is 2.38. The van der Waals surface area contributed by atoms with Crippen LogP contribution in [0.25, 0.3) is 0 Å². The second-order valence-corrected chi connectivity index (χ2v) is 7.36. The van der Waals surface area contributed by atoms with E-state index in [2.05, 4.69) is 46.9 Å². The normalized spacial score (nSPS) is 28.1. The van der Waals surface area contributed by atoms with Gasteiger partial charge in [0.1, 0.15) is 0 Å². The number of hydrogen-bond donors (Lipinski definition) is 1. The molecule has 0 spiro atoms. The van der Waals surface area contributed by atoms with Gasteiger partial charge >= 0.3 is 0 Å². The lowest BCUT2D eigenvalue weighted by Gasteiger charge is -2.43. The minimum atomic E-state index is 0.198. The summed E-state index contributed by atoms with van der Waals surface area (Å²) in [6, 6.07) is 0.507. The maximum Gasteiger partial charge on any atom is 0.0778 e. The zero-order chi connectivity index (χ0) is 14.5. The van der Waals surface area contributed by atoms with Crippen LogP contribution in [0.3, 0.4) is 0 Å². The standard InChI is InChI=1S/C17H35NO/c1-7-18-15(14-11-9-10-13(3)12-14)16(19-8-2)17(4,5)6/h13-16,18H,7-12H2,1-6H3. The summed E-state index contributed by atoms with van der Waals surface area (Å²) in [6.07, 6.45) is 5.83. The van der Waals surface area contributed by atoms with Crippen molar-refractivity contribution in [2.75, 3.05) is 13.2 Å². The van der Waals surface area contributed by atoms with Crippen LogP contribution in [0, 0.1) is 17.3 Å². The minimum absolute atomic E-state index is 0.198. The Labute approximate surface area is 120 Å². The summed E-state index contributed by atoms with van der Waals surface area (Å²) in [5, 5.41) is 3.74. The van der Waals surface area contributed by atoms with Gasteiger partial charge in [0.2, 0.25) is 0 Å². The molecule has 19 heavy (non-hydrogen) atoms. The lowest BCUT2D eigenvalue weighted by Crippen LogP contribution is -2.53. The van der Waals surface area contributed by atoms with Gasteiger partial charge in [-0.15, -0.1) is 0 Å². The zero-order valence-electron chi connectivity index (χ0n) is 14.0. The van der Waals surface area contributed by atoms with Gasteiger partial charge in [-0.25, -0.2) is 0 Å². The largest absolute Gasteiger partial charge is 0.376 e. The molecule has 0 aromatic rings. The first-order chi connectivity index (χ1) is 8.90. The second kappa shape index (κ2) is 7.64. The molecule has 114 valence electrons. The van der Waals surface area contributed by atoms with E-state index in [-0.39, 0.29) is 5.41 Å². The Bertz CT molecular complexity index is 246. The fourth-order valence-corrected chi connectivity index (χ4v) is 3.64. The molecule has 2 heteroatoms. The molecule has 2 nitrogen and oxygen atoms in total. The molecule has 1 saturated carbocycles. The summed E-state index contributed by atoms with van der Waals surface area (Å²) in [5.41, 5.74) is 0.198. The van der Waals surface area contributed by atoms with Crippen molar-refractivity contribution in [2.24, 2.45) is 17.3 Å². The van der Waals surface area contributed by atoms with Crippen LogP contribution in [0.1, 0.15) is 67.2 Å². The number of ether oxygens (including phenoxy) is 1. The molecule has 0 aromatic heterocycles. The molecule has 1 fully saturated rings. The maximum absolute atomic E-state index is 6.15. The summed E-state index contributed by atoms with van der Waals surface area (Å²) in [4.78, 5) is 0. The smallest absolute Gasteiger partial charge is 0.0778 e. The van der Waals surface area contributed by atoms with Crippen LogP contribution >= 0.6 is 0 Å². The summed E-state index contributed by atoms with van der Waals surface area (Å²) < 4.78 is 6.15. The van der Waals surface area contributed by atoms with Crippen LogP contribution in [0.5, 0.6) is 0 Å². The third kappa shape index (κ3) is 5.07. The van der Waals surface area contributed by atoms with Crippen LogP contribution in [0.2, 0.25) is 0 Å². The third-order valence-corrected chi connectivity index (χ3v) is 4.45. The van der Waals surface area contributed by atoms with Crippen molar-refractivity contribution in [3.05, 3.63) is 0 Å². The molecule has 4 unspecified atom stereocenters. The number of likely N-dealkylation sites (N-methyl/N-ethyl adjacent to an activating group) is 1. The van der Waals surface area contributed by atoms with Crippen molar-refractivity contribution in [1.82, 2.24) is 5.32 Å². The van der Waals surface area contributed by atoms with Crippen LogP contribution in [-0.4, -0.2) is 25.3 Å². The number of hydrogen-bond acceptors (Lipinski definition) is 2. The Morgan fingerprint density at radius 1 is 1.21 bits per heavy atom. The topological polar surface area (TPSA) is 21.3 Å². The maximum atomic E-state index is 6.15. The van der Waals surface area contributed by atoms with Gasteiger partial charge in [-0.2, -0.15) is 0 Å². The van der Waals surface area contributed by atoms with E-state index in [0.29, 0.717) is 12.1 Å². The van der Waals surface area contributed by atoms with Crippen molar-refractivity contribution < 1.29 is 4.74 Å². The number of rotatable bonds is 6. The Kier molecular flexibility index (Phi) is 6.82. The van der Waals surface area contributed by atoms with Gasteiger partial charge in [-0.05, 0) is 43.6 Å². The minimum Gasteiger partial charge on any atom is -0.376 e. The highest BCUT2D eigenvalue weighted by molar-refractivity contribution is 4.92. The highest BCUT2D eigenvalue weighted by atomic mass is 16.5. The Balaban J connectivity index is 2.82. The molecule has 0 amide bonds. The Morgan fingerprint density at radius 3 is 2.37 bits per heavy atom. The predicted octanol–water partition coefficient (Wildman–Crippen LogP) is 4.24. The fraction of sp³-hybridized carbons (Fsp3) is 1.00. The lowest BCUT2D eigenvalue weighted by atomic mass is 9.72. The summed E-state index contributed by atoms with van der Waals surface area (Å²) in [7, 11) is 0. The van der Waals surface area contributed by atoms with Gasteiger partial charge in [-0.1, -0.05) is 47.5 Å². The van der Waals surface area contributed by atoms with Crippen molar-refractivity contribution in [2.45, 2.75) is 79.4 Å². The van der Waals surface area contributed by atoms with Crippen LogP contribution < -0.4 is 5.32 Å². The first-order valence-electron chi connectivity index (χ1n) is 8.25. The van der Waals surface area contributed by atoms with E-state index in [1.54, 1.807) is 0 Å².